The lowest BCUT2D eigenvalue weighted by molar-refractivity contribution is 0.601. The van der Waals surface area contributed by atoms with Crippen molar-refractivity contribution in [2.45, 2.75) is 0 Å². The predicted octanol–water partition coefficient (Wildman–Crippen LogP) is 0.206. The maximum Gasteiger partial charge on any atom is 0.149 e. The van der Waals surface area contributed by atoms with Crippen molar-refractivity contribution in [3.8, 4) is 0 Å². The molecule has 5 nitrogen and oxygen atoms in total. The fraction of sp³-hybridized carbons (Fsp3) is 0.571. The first-order valence-corrected chi connectivity index (χ1v) is 6.83. The number of nitrogens with zero attached hydrogens (tertiary/aromatic N) is 2. The summed E-state index contributed by atoms with van der Waals surface area (Å²) in [5, 5.41) is 0.881. The molecule has 0 aliphatic rings. The fourth-order valence-corrected chi connectivity index (χ4v) is 2.13. The van der Waals surface area contributed by atoms with E-state index in [1.807, 2.05) is 11.9 Å². The van der Waals surface area contributed by atoms with Gasteiger partial charge in [-0.3, -0.25) is 0 Å². The zero-order chi connectivity index (χ0) is 10.8. The lowest BCUT2D eigenvalue weighted by atomic mass is 10.5. The van der Waals surface area contributed by atoms with Crippen LogP contribution in [0.25, 0.3) is 0 Å². The normalized spacial score (nSPS) is 11.6. The van der Waals surface area contributed by atoms with Gasteiger partial charge in [-0.05, 0) is 11.5 Å². The van der Waals surface area contributed by atoms with Gasteiger partial charge in [0.2, 0.25) is 0 Å². The van der Waals surface area contributed by atoms with Crippen LogP contribution in [-0.4, -0.2) is 38.4 Å². The van der Waals surface area contributed by atoms with E-state index in [4.69, 9.17) is 5.73 Å². The standard InChI is InChI=1S/C7H13N3O2S2/c1-10(3-4-14(2,11)12)7-5-6(8)9-13-7/h5H,3-4H2,1-2H3,(H2,8,9). The van der Waals surface area contributed by atoms with Crippen LogP contribution >= 0.6 is 11.5 Å². The van der Waals surface area contributed by atoms with Crippen LogP contribution in [0, 0.1) is 0 Å². The molecule has 0 saturated carbocycles. The van der Waals surface area contributed by atoms with Gasteiger partial charge >= 0.3 is 0 Å². The molecule has 0 radical (unpaired) electrons. The van der Waals surface area contributed by atoms with Crippen molar-refractivity contribution in [2.75, 3.05) is 36.2 Å². The van der Waals surface area contributed by atoms with E-state index in [-0.39, 0.29) is 5.75 Å². The van der Waals surface area contributed by atoms with Gasteiger partial charge in [-0.15, -0.1) is 0 Å². The Balaban J connectivity index is 2.55. The van der Waals surface area contributed by atoms with Gasteiger partial charge in [0, 0.05) is 25.9 Å². The van der Waals surface area contributed by atoms with Crippen LogP contribution in [0.2, 0.25) is 0 Å². The molecule has 0 bridgehead atoms. The summed E-state index contributed by atoms with van der Waals surface area (Å²) >= 11 is 1.26. The number of hydrogen-bond donors (Lipinski definition) is 1. The SMILES string of the molecule is CN(CCS(C)(=O)=O)c1cc(N)ns1. The molecule has 0 aliphatic heterocycles. The first-order valence-electron chi connectivity index (χ1n) is 3.99. The molecule has 0 atom stereocenters. The summed E-state index contributed by atoms with van der Waals surface area (Å²) < 4.78 is 25.7. The third-order valence-corrected chi connectivity index (χ3v) is 3.53. The van der Waals surface area contributed by atoms with Crippen molar-refractivity contribution in [1.29, 1.82) is 0 Å². The number of hydrogen-bond acceptors (Lipinski definition) is 6. The molecule has 0 unspecified atom stereocenters. The van der Waals surface area contributed by atoms with Crippen molar-refractivity contribution in [3.05, 3.63) is 6.07 Å². The van der Waals surface area contributed by atoms with E-state index in [0.717, 1.165) is 5.00 Å². The molecular formula is C7H13N3O2S2. The minimum atomic E-state index is -2.91. The third-order valence-electron chi connectivity index (χ3n) is 1.69. The highest BCUT2D eigenvalue weighted by Crippen LogP contribution is 2.21. The van der Waals surface area contributed by atoms with E-state index < -0.39 is 9.84 Å². The van der Waals surface area contributed by atoms with E-state index in [9.17, 15) is 8.42 Å². The van der Waals surface area contributed by atoms with Crippen LogP contribution < -0.4 is 10.6 Å². The van der Waals surface area contributed by atoms with Gasteiger partial charge in [0.25, 0.3) is 0 Å². The van der Waals surface area contributed by atoms with Crippen molar-refractivity contribution >= 4 is 32.2 Å². The van der Waals surface area contributed by atoms with Crippen LogP contribution in [-0.2, 0) is 9.84 Å². The Morgan fingerprint density at radius 2 is 2.29 bits per heavy atom. The van der Waals surface area contributed by atoms with Crippen LogP contribution in [0.4, 0.5) is 10.8 Å². The third kappa shape index (κ3) is 3.51. The second-order valence-corrected chi connectivity index (χ2v) is 6.18. The average molecular weight is 235 g/mol. The highest BCUT2D eigenvalue weighted by Gasteiger charge is 2.08. The molecule has 0 amide bonds. The smallest absolute Gasteiger partial charge is 0.149 e. The predicted molar refractivity (Wildman–Crippen MR) is 59.5 cm³/mol. The summed E-state index contributed by atoms with van der Waals surface area (Å²) in [4.78, 5) is 1.83. The van der Waals surface area contributed by atoms with Crippen molar-refractivity contribution < 1.29 is 8.42 Å². The zero-order valence-electron chi connectivity index (χ0n) is 8.10. The summed E-state index contributed by atoms with van der Waals surface area (Å²) in [7, 11) is -1.09. The van der Waals surface area contributed by atoms with E-state index in [1.54, 1.807) is 6.07 Å². The largest absolute Gasteiger partial charge is 0.383 e. The Bertz CT molecular complexity index is 399. The molecular weight excluding hydrogens is 222 g/mol. The monoisotopic (exact) mass is 235 g/mol. The Morgan fingerprint density at radius 1 is 1.64 bits per heavy atom. The molecule has 0 aromatic carbocycles. The number of aromatic nitrogens is 1. The summed E-state index contributed by atoms with van der Waals surface area (Å²) in [5.41, 5.74) is 5.45. The molecule has 7 heteroatoms. The van der Waals surface area contributed by atoms with E-state index in [2.05, 4.69) is 4.37 Å². The minimum absolute atomic E-state index is 0.140. The molecule has 0 fully saturated rings. The quantitative estimate of drug-likeness (QED) is 0.807. The van der Waals surface area contributed by atoms with Gasteiger partial charge in [-0.25, -0.2) is 8.42 Å². The Labute approximate surface area is 87.6 Å². The van der Waals surface area contributed by atoms with Gasteiger partial charge in [0.15, 0.2) is 0 Å². The molecule has 0 spiro atoms. The van der Waals surface area contributed by atoms with E-state index >= 15 is 0 Å². The molecule has 0 saturated heterocycles. The molecule has 1 rings (SSSR count). The second-order valence-electron chi connectivity index (χ2n) is 3.14. The van der Waals surface area contributed by atoms with Crippen LogP contribution in [0.15, 0.2) is 6.07 Å². The van der Waals surface area contributed by atoms with Crippen molar-refractivity contribution in [2.24, 2.45) is 0 Å². The van der Waals surface area contributed by atoms with Crippen LogP contribution in [0.3, 0.4) is 0 Å². The number of nitrogen functional groups attached to an aromatic ring is 1. The molecule has 1 aromatic rings. The van der Waals surface area contributed by atoms with Gasteiger partial charge in [-0.1, -0.05) is 0 Å². The van der Waals surface area contributed by atoms with Crippen LogP contribution in [0.5, 0.6) is 0 Å². The average Bonchev–Trinajstić information content (AvgIpc) is 2.46. The molecule has 1 heterocycles. The summed E-state index contributed by atoms with van der Waals surface area (Å²) in [6.07, 6.45) is 1.22. The molecule has 2 N–H and O–H groups in total. The number of nitrogens with two attached hydrogens (primary N) is 1. The number of anilines is 2. The van der Waals surface area contributed by atoms with Gasteiger partial charge in [0.05, 0.1) is 5.75 Å². The Kier molecular flexibility index (Phi) is 3.33. The highest BCUT2D eigenvalue weighted by molar-refractivity contribution is 7.90. The van der Waals surface area contributed by atoms with E-state index in [1.165, 1.54) is 17.8 Å². The number of sulfone groups is 1. The minimum Gasteiger partial charge on any atom is -0.383 e. The Morgan fingerprint density at radius 3 is 2.71 bits per heavy atom. The van der Waals surface area contributed by atoms with Crippen molar-refractivity contribution in [3.63, 3.8) is 0 Å². The van der Waals surface area contributed by atoms with Crippen molar-refractivity contribution in [1.82, 2.24) is 4.37 Å². The lowest BCUT2D eigenvalue weighted by Crippen LogP contribution is -2.23. The molecule has 0 aliphatic carbocycles. The summed E-state index contributed by atoms with van der Waals surface area (Å²) in [6.45, 7) is 0.459. The molecule has 14 heavy (non-hydrogen) atoms. The summed E-state index contributed by atoms with van der Waals surface area (Å²) in [6, 6.07) is 1.73. The number of rotatable bonds is 4. The second kappa shape index (κ2) is 4.14. The lowest BCUT2D eigenvalue weighted by Gasteiger charge is -2.14. The molecule has 1 aromatic heterocycles. The van der Waals surface area contributed by atoms with Crippen LogP contribution in [0.1, 0.15) is 0 Å². The van der Waals surface area contributed by atoms with E-state index in [0.29, 0.717) is 12.4 Å². The van der Waals surface area contributed by atoms with Gasteiger partial charge in [0.1, 0.15) is 20.7 Å². The summed E-state index contributed by atoms with van der Waals surface area (Å²) in [5.74, 6) is 0.609. The van der Waals surface area contributed by atoms with Gasteiger partial charge < -0.3 is 10.6 Å². The topological polar surface area (TPSA) is 76.3 Å². The maximum absolute atomic E-state index is 10.9. The first kappa shape index (κ1) is 11.3. The molecule has 80 valence electrons. The first-order chi connectivity index (χ1) is 6.38. The zero-order valence-corrected chi connectivity index (χ0v) is 9.73. The highest BCUT2D eigenvalue weighted by atomic mass is 32.2. The fourth-order valence-electron chi connectivity index (χ4n) is 0.872. The van der Waals surface area contributed by atoms with Gasteiger partial charge in [-0.2, -0.15) is 4.37 Å². The Hall–Kier alpha value is -0.820. The maximum atomic E-state index is 10.9.